The number of nitrogens with zero attached hydrogens (tertiary/aromatic N) is 2. The predicted molar refractivity (Wildman–Crippen MR) is 53.0 cm³/mol. The zero-order chi connectivity index (χ0) is 11.3. The third-order valence-corrected chi connectivity index (χ3v) is 1.78. The molecule has 5 nitrogen and oxygen atoms in total. The molecule has 0 aromatic carbocycles. The molecule has 0 saturated carbocycles. The molecule has 0 aliphatic rings. The van der Waals surface area contributed by atoms with Gasteiger partial charge in [0.25, 0.3) is 5.91 Å². The fourth-order valence-electron chi connectivity index (χ4n) is 0.938. The van der Waals surface area contributed by atoms with Crippen molar-refractivity contribution in [3.8, 4) is 6.07 Å². The molecule has 1 aromatic heterocycles. The van der Waals surface area contributed by atoms with Crippen molar-refractivity contribution in [3.63, 3.8) is 0 Å². The number of pyridine rings is 1. The monoisotopic (exact) mass is 205 g/mol. The third-order valence-electron chi connectivity index (χ3n) is 1.78. The van der Waals surface area contributed by atoms with Crippen LogP contribution in [0, 0.1) is 11.3 Å². The van der Waals surface area contributed by atoms with E-state index in [4.69, 9.17) is 10.4 Å². The normalized spacial score (nSPS) is 11.5. The SMILES string of the molecule is C[C@H](CO)NC(=O)c1ccc(C#N)cn1. The van der Waals surface area contributed by atoms with Crippen molar-refractivity contribution in [1.82, 2.24) is 10.3 Å². The molecule has 15 heavy (non-hydrogen) atoms. The largest absolute Gasteiger partial charge is 0.394 e. The van der Waals surface area contributed by atoms with Crippen LogP contribution in [-0.4, -0.2) is 28.6 Å². The molecule has 1 aromatic rings. The molecule has 0 aliphatic heterocycles. The maximum absolute atomic E-state index is 11.4. The first-order valence-electron chi connectivity index (χ1n) is 4.45. The fraction of sp³-hybridized carbons (Fsp3) is 0.300. The predicted octanol–water partition coefficient (Wildman–Crippen LogP) is 0.0639. The highest BCUT2D eigenvalue weighted by molar-refractivity contribution is 5.92. The number of aliphatic hydroxyl groups is 1. The highest BCUT2D eigenvalue weighted by Gasteiger charge is 2.09. The number of nitriles is 1. The lowest BCUT2D eigenvalue weighted by Crippen LogP contribution is -2.35. The first kappa shape index (κ1) is 11.1. The minimum atomic E-state index is -0.360. The average Bonchev–Trinajstić information content (AvgIpc) is 2.29. The Bertz CT molecular complexity index is 381. The smallest absolute Gasteiger partial charge is 0.270 e. The summed E-state index contributed by atoms with van der Waals surface area (Å²) in [5.41, 5.74) is 0.635. The van der Waals surface area contributed by atoms with Gasteiger partial charge in [0, 0.05) is 12.2 Å². The van der Waals surface area contributed by atoms with E-state index >= 15 is 0 Å². The van der Waals surface area contributed by atoms with Crippen LogP contribution in [0.2, 0.25) is 0 Å². The lowest BCUT2D eigenvalue weighted by molar-refractivity contribution is 0.0917. The molecular formula is C10H11N3O2. The lowest BCUT2D eigenvalue weighted by Gasteiger charge is -2.09. The number of nitrogens with one attached hydrogen (secondary N) is 1. The van der Waals surface area contributed by atoms with Gasteiger partial charge in [-0.15, -0.1) is 0 Å². The molecule has 0 bridgehead atoms. The van der Waals surface area contributed by atoms with E-state index in [1.807, 2.05) is 6.07 Å². The Morgan fingerprint density at radius 2 is 2.47 bits per heavy atom. The van der Waals surface area contributed by atoms with Gasteiger partial charge in [-0.2, -0.15) is 5.26 Å². The molecule has 1 heterocycles. The van der Waals surface area contributed by atoms with Crippen LogP contribution in [0.3, 0.4) is 0 Å². The first-order valence-corrected chi connectivity index (χ1v) is 4.45. The van der Waals surface area contributed by atoms with Gasteiger partial charge in [0.2, 0.25) is 0 Å². The molecule has 1 rings (SSSR count). The van der Waals surface area contributed by atoms with Crippen LogP contribution in [0.1, 0.15) is 23.0 Å². The van der Waals surface area contributed by atoms with Gasteiger partial charge in [0.05, 0.1) is 12.2 Å². The second kappa shape index (κ2) is 5.08. The van der Waals surface area contributed by atoms with E-state index in [9.17, 15) is 4.79 Å². The van der Waals surface area contributed by atoms with E-state index in [1.54, 1.807) is 6.92 Å². The van der Waals surface area contributed by atoms with Crippen LogP contribution in [0.5, 0.6) is 0 Å². The van der Waals surface area contributed by atoms with E-state index in [0.717, 1.165) is 0 Å². The zero-order valence-electron chi connectivity index (χ0n) is 8.27. The fourth-order valence-corrected chi connectivity index (χ4v) is 0.938. The molecule has 0 unspecified atom stereocenters. The summed E-state index contributed by atoms with van der Waals surface area (Å²) in [6.07, 6.45) is 1.33. The molecule has 2 N–H and O–H groups in total. The summed E-state index contributed by atoms with van der Waals surface area (Å²) in [7, 11) is 0. The van der Waals surface area contributed by atoms with Crippen LogP contribution in [-0.2, 0) is 0 Å². The number of carbonyl (C=O) groups excluding carboxylic acids is 1. The van der Waals surface area contributed by atoms with Crippen LogP contribution in [0.15, 0.2) is 18.3 Å². The van der Waals surface area contributed by atoms with Crippen molar-refractivity contribution < 1.29 is 9.90 Å². The van der Waals surface area contributed by atoms with E-state index in [2.05, 4.69) is 10.3 Å². The van der Waals surface area contributed by atoms with Gasteiger partial charge in [0.15, 0.2) is 0 Å². The maximum Gasteiger partial charge on any atom is 0.270 e. The summed E-state index contributed by atoms with van der Waals surface area (Å²) >= 11 is 0. The van der Waals surface area contributed by atoms with E-state index < -0.39 is 0 Å². The molecule has 5 heteroatoms. The molecule has 0 aliphatic carbocycles. The van der Waals surface area contributed by atoms with Crippen molar-refractivity contribution in [2.45, 2.75) is 13.0 Å². The van der Waals surface area contributed by atoms with Crippen molar-refractivity contribution in [1.29, 1.82) is 5.26 Å². The Morgan fingerprint density at radius 1 is 1.73 bits per heavy atom. The zero-order valence-corrected chi connectivity index (χ0v) is 8.27. The molecular weight excluding hydrogens is 194 g/mol. The maximum atomic E-state index is 11.4. The summed E-state index contributed by atoms with van der Waals surface area (Å²) in [6.45, 7) is 1.56. The number of amides is 1. The summed E-state index contributed by atoms with van der Waals surface area (Å²) in [5.74, 6) is -0.360. The molecule has 0 spiro atoms. The second-order valence-electron chi connectivity index (χ2n) is 3.10. The topological polar surface area (TPSA) is 86.0 Å². The number of rotatable bonds is 3. The lowest BCUT2D eigenvalue weighted by atomic mass is 10.2. The van der Waals surface area contributed by atoms with Crippen molar-refractivity contribution in [2.24, 2.45) is 0 Å². The van der Waals surface area contributed by atoms with Crippen molar-refractivity contribution >= 4 is 5.91 Å². The van der Waals surface area contributed by atoms with Crippen molar-refractivity contribution in [3.05, 3.63) is 29.6 Å². The van der Waals surface area contributed by atoms with E-state index in [0.29, 0.717) is 5.56 Å². The minimum Gasteiger partial charge on any atom is -0.394 e. The van der Waals surface area contributed by atoms with Crippen molar-refractivity contribution in [2.75, 3.05) is 6.61 Å². The Morgan fingerprint density at radius 3 is 2.93 bits per heavy atom. The summed E-state index contributed by atoms with van der Waals surface area (Å²) in [6, 6.07) is 4.59. The van der Waals surface area contributed by atoms with Gasteiger partial charge in [-0.3, -0.25) is 4.79 Å². The number of aromatic nitrogens is 1. The summed E-state index contributed by atoms with van der Waals surface area (Å²) in [5, 5.41) is 19.8. The quantitative estimate of drug-likeness (QED) is 0.730. The van der Waals surface area contributed by atoms with Gasteiger partial charge in [-0.25, -0.2) is 4.98 Å². The molecule has 0 fully saturated rings. The number of hydrogen-bond acceptors (Lipinski definition) is 4. The van der Waals surface area contributed by atoms with Crippen LogP contribution >= 0.6 is 0 Å². The number of aliphatic hydroxyl groups excluding tert-OH is 1. The molecule has 1 amide bonds. The number of carbonyl (C=O) groups is 1. The van der Waals surface area contributed by atoms with Crippen LogP contribution < -0.4 is 5.32 Å². The van der Waals surface area contributed by atoms with Gasteiger partial charge in [0.1, 0.15) is 11.8 Å². The Hall–Kier alpha value is -1.93. The van der Waals surface area contributed by atoms with Crippen LogP contribution in [0.4, 0.5) is 0 Å². The van der Waals surface area contributed by atoms with Crippen LogP contribution in [0.25, 0.3) is 0 Å². The first-order chi connectivity index (χ1) is 7.17. The highest BCUT2D eigenvalue weighted by atomic mass is 16.3. The van der Waals surface area contributed by atoms with E-state index in [1.165, 1.54) is 18.3 Å². The highest BCUT2D eigenvalue weighted by Crippen LogP contribution is 1.99. The minimum absolute atomic E-state index is 0.123. The number of hydrogen-bond donors (Lipinski definition) is 2. The molecule has 0 radical (unpaired) electrons. The molecule has 1 atom stereocenters. The average molecular weight is 205 g/mol. The Balaban J connectivity index is 2.71. The van der Waals surface area contributed by atoms with Gasteiger partial charge in [-0.05, 0) is 19.1 Å². The van der Waals surface area contributed by atoms with Gasteiger partial charge < -0.3 is 10.4 Å². The van der Waals surface area contributed by atoms with E-state index in [-0.39, 0.29) is 24.2 Å². The molecule has 78 valence electrons. The molecule has 0 saturated heterocycles. The third kappa shape index (κ3) is 3.04. The van der Waals surface area contributed by atoms with Gasteiger partial charge >= 0.3 is 0 Å². The summed E-state index contributed by atoms with van der Waals surface area (Å²) in [4.78, 5) is 15.3. The van der Waals surface area contributed by atoms with Gasteiger partial charge in [-0.1, -0.05) is 0 Å². The Kier molecular flexibility index (Phi) is 3.77. The Labute approximate surface area is 87.4 Å². The standard InChI is InChI=1S/C10H11N3O2/c1-7(6-14)13-10(15)9-3-2-8(4-11)5-12-9/h2-3,5,7,14H,6H2,1H3,(H,13,15)/t7-/m1/s1. The second-order valence-corrected chi connectivity index (χ2v) is 3.10. The summed E-state index contributed by atoms with van der Waals surface area (Å²) < 4.78 is 0.